The third-order valence-electron chi connectivity index (χ3n) is 2.85. The fraction of sp³-hybridized carbons (Fsp3) is 0.917. The highest BCUT2D eigenvalue weighted by Crippen LogP contribution is 2.07. The molecule has 0 aromatic heterocycles. The molecule has 16 heavy (non-hydrogen) atoms. The van der Waals surface area contributed by atoms with Crippen LogP contribution in [0.1, 0.15) is 39.0 Å². The highest BCUT2D eigenvalue weighted by molar-refractivity contribution is 5.78. The van der Waals surface area contributed by atoms with Gasteiger partial charge in [-0.2, -0.15) is 0 Å². The minimum absolute atomic E-state index is 0.733. The van der Waals surface area contributed by atoms with Crippen LogP contribution in [0.3, 0.4) is 0 Å². The summed E-state index contributed by atoms with van der Waals surface area (Å²) >= 11 is 0. The van der Waals surface area contributed by atoms with E-state index in [1.807, 2.05) is 6.92 Å². The van der Waals surface area contributed by atoms with Crippen LogP contribution in [0.5, 0.6) is 0 Å². The van der Waals surface area contributed by atoms with E-state index >= 15 is 0 Å². The zero-order valence-corrected chi connectivity index (χ0v) is 10.5. The molecule has 0 spiro atoms. The van der Waals surface area contributed by atoms with E-state index in [1.54, 1.807) is 0 Å². The standard InChI is InChI=1S/C12H25N3O/c1-2-16-11-7-4-8-14-12(13)15-9-5-3-6-10-15/h2-11H2,1H3,(H2,13,14). The second-order valence-corrected chi connectivity index (χ2v) is 4.19. The number of unbranched alkanes of at least 4 members (excludes halogenated alkanes) is 1. The maximum atomic E-state index is 5.93. The molecule has 0 aliphatic carbocycles. The van der Waals surface area contributed by atoms with E-state index < -0.39 is 0 Å². The Morgan fingerprint density at radius 2 is 2.00 bits per heavy atom. The van der Waals surface area contributed by atoms with Gasteiger partial charge in [0.1, 0.15) is 0 Å². The van der Waals surface area contributed by atoms with E-state index in [4.69, 9.17) is 10.5 Å². The summed E-state index contributed by atoms with van der Waals surface area (Å²) in [6.07, 6.45) is 5.97. The van der Waals surface area contributed by atoms with Crippen LogP contribution in [-0.2, 0) is 4.74 Å². The van der Waals surface area contributed by atoms with Gasteiger partial charge in [-0.3, -0.25) is 4.99 Å². The molecule has 1 aliphatic rings. The van der Waals surface area contributed by atoms with E-state index in [-0.39, 0.29) is 0 Å². The van der Waals surface area contributed by atoms with Gasteiger partial charge in [-0.05, 0) is 39.0 Å². The van der Waals surface area contributed by atoms with Gasteiger partial charge < -0.3 is 15.4 Å². The number of ether oxygens (including phenoxy) is 1. The lowest BCUT2D eigenvalue weighted by Gasteiger charge is -2.27. The molecule has 0 unspecified atom stereocenters. The fourth-order valence-corrected chi connectivity index (χ4v) is 1.88. The molecule has 0 aromatic rings. The highest BCUT2D eigenvalue weighted by atomic mass is 16.5. The van der Waals surface area contributed by atoms with E-state index in [1.165, 1.54) is 19.3 Å². The first-order valence-corrected chi connectivity index (χ1v) is 6.47. The van der Waals surface area contributed by atoms with E-state index in [2.05, 4.69) is 9.89 Å². The Bertz CT molecular complexity index is 200. The fourth-order valence-electron chi connectivity index (χ4n) is 1.88. The second-order valence-electron chi connectivity index (χ2n) is 4.19. The number of rotatable bonds is 6. The third-order valence-corrected chi connectivity index (χ3v) is 2.85. The number of aliphatic imine (C=N–C) groups is 1. The van der Waals surface area contributed by atoms with Crippen LogP contribution in [0.25, 0.3) is 0 Å². The maximum absolute atomic E-state index is 5.93. The molecule has 1 saturated heterocycles. The Morgan fingerprint density at radius 3 is 2.69 bits per heavy atom. The molecular weight excluding hydrogens is 202 g/mol. The van der Waals surface area contributed by atoms with Crippen LogP contribution in [-0.4, -0.2) is 43.7 Å². The predicted molar refractivity (Wildman–Crippen MR) is 67.6 cm³/mol. The lowest BCUT2D eigenvalue weighted by molar-refractivity contribution is 0.144. The van der Waals surface area contributed by atoms with Crippen LogP contribution in [0.15, 0.2) is 4.99 Å². The summed E-state index contributed by atoms with van der Waals surface area (Å²) in [4.78, 5) is 6.61. The van der Waals surface area contributed by atoms with Crippen molar-refractivity contribution in [3.63, 3.8) is 0 Å². The second kappa shape index (κ2) is 8.39. The van der Waals surface area contributed by atoms with Gasteiger partial charge in [0.15, 0.2) is 5.96 Å². The summed E-state index contributed by atoms with van der Waals surface area (Å²) in [5.41, 5.74) is 5.93. The van der Waals surface area contributed by atoms with Crippen molar-refractivity contribution in [2.75, 3.05) is 32.8 Å². The summed E-state index contributed by atoms with van der Waals surface area (Å²) in [7, 11) is 0. The van der Waals surface area contributed by atoms with Crippen LogP contribution < -0.4 is 5.73 Å². The number of nitrogens with two attached hydrogens (primary N) is 1. The van der Waals surface area contributed by atoms with Crippen LogP contribution in [0.2, 0.25) is 0 Å². The normalized spacial score (nSPS) is 17.8. The zero-order chi connectivity index (χ0) is 11.6. The van der Waals surface area contributed by atoms with Crippen LogP contribution in [0, 0.1) is 0 Å². The maximum Gasteiger partial charge on any atom is 0.191 e. The quantitative estimate of drug-likeness (QED) is 0.426. The van der Waals surface area contributed by atoms with Crippen molar-refractivity contribution in [1.82, 2.24) is 4.90 Å². The van der Waals surface area contributed by atoms with Gasteiger partial charge in [0.25, 0.3) is 0 Å². The molecule has 0 amide bonds. The van der Waals surface area contributed by atoms with E-state index in [0.717, 1.165) is 51.6 Å². The van der Waals surface area contributed by atoms with Crippen molar-refractivity contribution in [1.29, 1.82) is 0 Å². The van der Waals surface area contributed by atoms with Gasteiger partial charge in [0, 0.05) is 32.8 Å². The molecular formula is C12H25N3O. The molecule has 4 heteroatoms. The monoisotopic (exact) mass is 227 g/mol. The van der Waals surface area contributed by atoms with Crippen LogP contribution >= 0.6 is 0 Å². The highest BCUT2D eigenvalue weighted by Gasteiger charge is 2.11. The molecule has 4 nitrogen and oxygen atoms in total. The SMILES string of the molecule is CCOCCCCN=C(N)N1CCCCC1. The third kappa shape index (κ3) is 5.35. The van der Waals surface area contributed by atoms with E-state index in [0.29, 0.717) is 0 Å². The van der Waals surface area contributed by atoms with Gasteiger partial charge in [0.05, 0.1) is 0 Å². The van der Waals surface area contributed by atoms with Gasteiger partial charge >= 0.3 is 0 Å². The molecule has 1 fully saturated rings. The molecule has 2 N–H and O–H groups in total. The molecule has 1 aliphatic heterocycles. The van der Waals surface area contributed by atoms with Crippen molar-refractivity contribution < 1.29 is 4.74 Å². The number of piperidine rings is 1. The average molecular weight is 227 g/mol. The first-order valence-electron chi connectivity index (χ1n) is 6.47. The Balaban J connectivity index is 2.07. The summed E-state index contributed by atoms with van der Waals surface area (Å²) in [5, 5.41) is 0. The summed E-state index contributed by atoms with van der Waals surface area (Å²) in [6.45, 7) is 6.65. The predicted octanol–water partition coefficient (Wildman–Crippen LogP) is 1.60. The number of hydrogen-bond acceptors (Lipinski definition) is 2. The van der Waals surface area contributed by atoms with Crippen molar-refractivity contribution in [3.05, 3.63) is 0 Å². The zero-order valence-electron chi connectivity index (χ0n) is 10.5. The molecule has 0 bridgehead atoms. The molecule has 1 heterocycles. The molecule has 0 atom stereocenters. The summed E-state index contributed by atoms with van der Waals surface area (Å²) in [6, 6.07) is 0. The Labute approximate surface area is 98.9 Å². The first kappa shape index (κ1) is 13.3. The molecule has 1 rings (SSSR count). The minimum Gasteiger partial charge on any atom is -0.382 e. The lowest BCUT2D eigenvalue weighted by Crippen LogP contribution is -2.40. The van der Waals surface area contributed by atoms with Gasteiger partial charge in [-0.25, -0.2) is 0 Å². The number of hydrogen-bond donors (Lipinski definition) is 1. The van der Waals surface area contributed by atoms with Crippen molar-refractivity contribution >= 4 is 5.96 Å². The smallest absolute Gasteiger partial charge is 0.191 e. The topological polar surface area (TPSA) is 50.9 Å². The Morgan fingerprint density at radius 1 is 1.25 bits per heavy atom. The minimum atomic E-state index is 0.733. The summed E-state index contributed by atoms with van der Waals surface area (Å²) in [5.74, 6) is 0.733. The molecule has 0 saturated carbocycles. The molecule has 94 valence electrons. The van der Waals surface area contributed by atoms with Gasteiger partial charge in [-0.1, -0.05) is 0 Å². The van der Waals surface area contributed by atoms with Crippen LogP contribution in [0.4, 0.5) is 0 Å². The van der Waals surface area contributed by atoms with Gasteiger partial charge in [0.2, 0.25) is 0 Å². The van der Waals surface area contributed by atoms with Gasteiger partial charge in [-0.15, -0.1) is 0 Å². The Kier molecular flexibility index (Phi) is 6.97. The lowest BCUT2D eigenvalue weighted by atomic mass is 10.1. The number of likely N-dealkylation sites (tertiary alicyclic amines) is 1. The first-order chi connectivity index (χ1) is 7.84. The number of guanidine groups is 1. The largest absolute Gasteiger partial charge is 0.382 e. The average Bonchev–Trinajstić information content (AvgIpc) is 2.34. The Hall–Kier alpha value is -0.770. The summed E-state index contributed by atoms with van der Waals surface area (Å²) < 4.78 is 5.27. The van der Waals surface area contributed by atoms with Crippen molar-refractivity contribution in [2.24, 2.45) is 10.7 Å². The number of nitrogens with zero attached hydrogens (tertiary/aromatic N) is 2. The molecule has 0 aromatic carbocycles. The molecule has 0 radical (unpaired) electrons. The van der Waals surface area contributed by atoms with Crippen molar-refractivity contribution in [2.45, 2.75) is 39.0 Å². The van der Waals surface area contributed by atoms with E-state index in [9.17, 15) is 0 Å². The van der Waals surface area contributed by atoms with Crippen molar-refractivity contribution in [3.8, 4) is 0 Å².